The number of halogens is 1. The normalized spacial score (nSPS) is 12.0. The molecule has 2 rings (SSSR count). The highest BCUT2D eigenvalue weighted by Crippen LogP contribution is 2.12. The lowest BCUT2D eigenvalue weighted by Crippen LogP contribution is -2.40. The van der Waals surface area contributed by atoms with Crippen molar-refractivity contribution >= 4 is 11.9 Å². The molecule has 132 valence electrons. The fourth-order valence-electron chi connectivity index (χ4n) is 2.59. The Hall–Kier alpha value is -2.69. The summed E-state index contributed by atoms with van der Waals surface area (Å²) in [6.45, 7) is 4.03. The second-order valence-electron chi connectivity index (χ2n) is 6.43. The van der Waals surface area contributed by atoms with Gasteiger partial charge in [-0.3, -0.25) is 4.79 Å². The van der Waals surface area contributed by atoms with E-state index in [1.165, 1.54) is 24.3 Å². The van der Waals surface area contributed by atoms with Crippen LogP contribution in [-0.4, -0.2) is 23.0 Å². The molecule has 0 aliphatic rings. The number of benzene rings is 2. The summed E-state index contributed by atoms with van der Waals surface area (Å²) in [4.78, 5) is 23.3. The first kappa shape index (κ1) is 18.6. The molecule has 0 aromatic heterocycles. The number of carboxylic acid groups (broad SMARTS) is 1. The van der Waals surface area contributed by atoms with E-state index in [1.54, 1.807) is 24.3 Å². The van der Waals surface area contributed by atoms with E-state index in [1.807, 2.05) is 13.8 Å². The molecule has 25 heavy (non-hydrogen) atoms. The number of hydrogen-bond donors (Lipinski definition) is 2. The van der Waals surface area contributed by atoms with Crippen molar-refractivity contribution in [1.29, 1.82) is 0 Å². The molecule has 0 fully saturated rings. The third-order valence-electron chi connectivity index (χ3n) is 4.06. The van der Waals surface area contributed by atoms with Gasteiger partial charge in [-0.1, -0.05) is 38.1 Å². The zero-order valence-corrected chi connectivity index (χ0v) is 14.3. The summed E-state index contributed by atoms with van der Waals surface area (Å²) in [6.07, 6.45) is 0.729. The minimum absolute atomic E-state index is 0.0828. The van der Waals surface area contributed by atoms with E-state index in [0.717, 1.165) is 5.56 Å². The van der Waals surface area contributed by atoms with Crippen LogP contribution in [0.3, 0.4) is 0 Å². The Balaban J connectivity index is 2.01. The smallest absolute Gasteiger partial charge is 0.335 e. The van der Waals surface area contributed by atoms with Gasteiger partial charge in [-0.05, 0) is 47.7 Å². The maximum absolute atomic E-state index is 13.0. The van der Waals surface area contributed by atoms with Gasteiger partial charge in [0, 0.05) is 6.04 Å². The molecule has 0 spiro atoms. The standard InChI is InChI=1S/C20H22FNO3/c1-13(2)18(11-14-6-8-17(21)9-7-14)22-19(23)12-15-4-3-5-16(10-15)20(24)25/h3-10,13,18H,11-12H2,1-2H3,(H,22,23)(H,24,25). The molecule has 0 saturated carbocycles. The monoisotopic (exact) mass is 343 g/mol. The number of amides is 1. The number of carbonyl (C=O) groups is 2. The first-order chi connectivity index (χ1) is 11.8. The molecule has 2 aromatic rings. The van der Waals surface area contributed by atoms with Gasteiger partial charge in [0.1, 0.15) is 5.82 Å². The van der Waals surface area contributed by atoms with E-state index < -0.39 is 5.97 Å². The largest absolute Gasteiger partial charge is 0.478 e. The van der Waals surface area contributed by atoms with Crippen molar-refractivity contribution in [1.82, 2.24) is 5.32 Å². The lowest BCUT2D eigenvalue weighted by molar-refractivity contribution is -0.121. The number of nitrogens with one attached hydrogen (secondary N) is 1. The quantitative estimate of drug-likeness (QED) is 0.809. The topological polar surface area (TPSA) is 66.4 Å². The summed E-state index contributed by atoms with van der Waals surface area (Å²) in [5, 5.41) is 12.0. The molecule has 2 aromatic carbocycles. The summed E-state index contributed by atoms with van der Waals surface area (Å²) >= 11 is 0. The highest BCUT2D eigenvalue weighted by molar-refractivity contribution is 5.88. The van der Waals surface area contributed by atoms with Crippen LogP contribution in [0.2, 0.25) is 0 Å². The summed E-state index contributed by atoms with van der Waals surface area (Å²) < 4.78 is 13.0. The first-order valence-electron chi connectivity index (χ1n) is 8.21. The third-order valence-corrected chi connectivity index (χ3v) is 4.06. The Bertz CT molecular complexity index is 741. The summed E-state index contributed by atoms with van der Waals surface area (Å²) in [5.74, 6) is -1.26. The van der Waals surface area contributed by atoms with Crippen molar-refractivity contribution in [3.8, 4) is 0 Å². The van der Waals surface area contributed by atoms with E-state index in [-0.39, 0.29) is 35.7 Å². The SMILES string of the molecule is CC(C)C(Cc1ccc(F)cc1)NC(=O)Cc1cccc(C(=O)O)c1. The van der Waals surface area contributed by atoms with Crippen LogP contribution in [0, 0.1) is 11.7 Å². The molecule has 0 bridgehead atoms. The van der Waals surface area contributed by atoms with E-state index in [0.29, 0.717) is 12.0 Å². The fraction of sp³-hybridized carbons (Fsp3) is 0.300. The molecule has 1 atom stereocenters. The lowest BCUT2D eigenvalue weighted by atomic mass is 9.96. The minimum Gasteiger partial charge on any atom is -0.478 e. The Morgan fingerprint density at radius 1 is 1.08 bits per heavy atom. The number of aromatic carboxylic acids is 1. The number of carbonyl (C=O) groups excluding carboxylic acids is 1. The van der Waals surface area contributed by atoms with Crippen LogP contribution < -0.4 is 5.32 Å². The van der Waals surface area contributed by atoms with Gasteiger partial charge in [0.15, 0.2) is 0 Å². The van der Waals surface area contributed by atoms with Crippen LogP contribution in [0.5, 0.6) is 0 Å². The van der Waals surface area contributed by atoms with Crippen LogP contribution in [0.25, 0.3) is 0 Å². The molecule has 1 unspecified atom stereocenters. The van der Waals surface area contributed by atoms with E-state index in [4.69, 9.17) is 5.11 Å². The summed E-state index contributed by atoms with van der Waals surface area (Å²) in [7, 11) is 0. The zero-order valence-electron chi connectivity index (χ0n) is 14.3. The number of hydrogen-bond acceptors (Lipinski definition) is 2. The Morgan fingerprint density at radius 2 is 1.76 bits per heavy atom. The molecule has 4 nitrogen and oxygen atoms in total. The zero-order chi connectivity index (χ0) is 18.4. The maximum Gasteiger partial charge on any atom is 0.335 e. The predicted molar refractivity (Wildman–Crippen MR) is 94.0 cm³/mol. The summed E-state index contributed by atoms with van der Waals surface area (Å²) in [6, 6.07) is 12.5. The summed E-state index contributed by atoms with van der Waals surface area (Å²) in [5.41, 5.74) is 1.77. The van der Waals surface area contributed by atoms with Crippen molar-refractivity contribution < 1.29 is 19.1 Å². The van der Waals surface area contributed by atoms with Crippen molar-refractivity contribution in [3.05, 3.63) is 71.0 Å². The highest BCUT2D eigenvalue weighted by atomic mass is 19.1. The number of carboxylic acids is 1. The first-order valence-corrected chi connectivity index (χ1v) is 8.21. The van der Waals surface area contributed by atoms with Gasteiger partial charge in [-0.15, -0.1) is 0 Å². The van der Waals surface area contributed by atoms with Gasteiger partial charge >= 0.3 is 5.97 Å². The van der Waals surface area contributed by atoms with Crippen molar-refractivity contribution in [3.63, 3.8) is 0 Å². The highest BCUT2D eigenvalue weighted by Gasteiger charge is 2.17. The van der Waals surface area contributed by atoms with Crippen LogP contribution in [0.4, 0.5) is 4.39 Å². The maximum atomic E-state index is 13.0. The fourth-order valence-corrected chi connectivity index (χ4v) is 2.59. The van der Waals surface area contributed by atoms with Crippen LogP contribution >= 0.6 is 0 Å². The molecule has 0 heterocycles. The van der Waals surface area contributed by atoms with Crippen LogP contribution in [0.15, 0.2) is 48.5 Å². The van der Waals surface area contributed by atoms with Gasteiger partial charge in [-0.25, -0.2) is 9.18 Å². The van der Waals surface area contributed by atoms with Gasteiger partial charge in [0.25, 0.3) is 0 Å². The van der Waals surface area contributed by atoms with Crippen molar-refractivity contribution in [2.45, 2.75) is 32.7 Å². The molecule has 0 saturated heterocycles. The van der Waals surface area contributed by atoms with Crippen LogP contribution in [-0.2, 0) is 17.6 Å². The third kappa shape index (κ3) is 5.71. The molecular weight excluding hydrogens is 321 g/mol. The van der Waals surface area contributed by atoms with Crippen LogP contribution in [0.1, 0.15) is 35.3 Å². The van der Waals surface area contributed by atoms with E-state index >= 15 is 0 Å². The molecule has 0 aliphatic heterocycles. The second kappa shape index (κ2) is 8.42. The molecule has 2 N–H and O–H groups in total. The second-order valence-corrected chi connectivity index (χ2v) is 6.43. The molecule has 5 heteroatoms. The molecule has 0 radical (unpaired) electrons. The van der Waals surface area contributed by atoms with Gasteiger partial charge in [0.05, 0.1) is 12.0 Å². The predicted octanol–water partition coefficient (Wildman–Crippen LogP) is 3.45. The van der Waals surface area contributed by atoms with Gasteiger partial charge in [-0.2, -0.15) is 0 Å². The molecular formula is C20H22FNO3. The average molecular weight is 343 g/mol. The number of rotatable bonds is 7. The average Bonchev–Trinajstić information content (AvgIpc) is 2.56. The van der Waals surface area contributed by atoms with Gasteiger partial charge in [0.2, 0.25) is 5.91 Å². The Labute approximate surface area is 146 Å². The Morgan fingerprint density at radius 3 is 2.36 bits per heavy atom. The molecule has 1 amide bonds. The minimum atomic E-state index is -1.02. The van der Waals surface area contributed by atoms with E-state index in [9.17, 15) is 14.0 Å². The van der Waals surface area contributed by atoms with Gasteiger partial charge < -0.3 is 10.4 Å². The van der Waals surface area contributed by atoms with Crippen molar-refractivity contribution in [2.24, 2.45) is 5.92 Å². The van der Waals surface area contributed by atoms with Crippen molar-refractivity contribution in [2.75, 3.05) is 0 Å². The Kier molecular flexibility index (Phi) is 6.28. The van der Waals surface area contributed by atoms with E-state index in [2.05, 4.69) is 5.32 Å². The lowest BCUT2D eigenvalue weighted by Gasteiger charge is -2.22. The molecule has 0 aliphatic carbocycles.